The zero-order valence-electron chi connectivity index (χ0n) is 15.2. The Hall–Kier alpha value is -2.50. The Bertz CT molecular complexity index is 583. The summed E-state index contributed by atoms with van der Waals surface area (Å²) in [6.07, 6.45) is 7.67. The number of carbonyl (C=O) groups excluding carboxylic acids is 2. The summed E-state index contributed by atoms with van der Waals surface area (Å²) in [7, 11) is 3.04. The number of benzene rings is 1. The van der Waals surface area contributed by atoms with Gasteiger partial charge in [0.15, 0.2) is 0 Å². The quantitative estimate of drug-likeness (QED) is 0.374. The normalized spacial score (nSPS) is 10.5. The number of amides is 1. The molecule has 0 aliphatic rings. The lowest BCUT2D eigenvalue weighted by Crippen LogP contribution is -2.10. The summed E-state index contributed by atoms with van der Waals surface area (Å²) in [4.78, 5) is 23.5. The van der Waals surface area contributed by atoms with Crippen molar-refractivity contribution in [1.29, 1.82) is 0 Å². The third kappa shape index (κ3) is 8.24. The molecule has 0 aromatic heterocycles. The maximum Gasteiger partial charge on any atom is 0.330 e. The van der Waals surface area contributed by atoms with Crippen LogP contribution in [0.1, 0.15) is 39.0 Å². The van der Waals surface area contributed by atoms with Crippen molar-refractivity contribution in [1.82, 2.24) is 0 Å². The van der Waals surface area contributed by atoms with Crippen LogP contribution < -0.4 is 14.8 Å². The molecule has 0 unspecified atom stereocenters. The van der Waals surface area contributed by atoms with Crippen molar-refractivity contribution in [2.45, 2.75) is 39.0 Å². The molecule has 1 aromatic rings. The van der Waals surface area contributed by atoms with Crippen molar-refractivity contribution in [2.24, 2.45) is 0 Å². The molecular weight excluding hydrogens is 322 g/mol. The smallest absolute Gasteiger partial charge is 0.330 e. The second kappa shape index (κ2) is 11.9. The Morgan fingerprint density at radius 1 is 1.04 bits per heavy atom. The first kappa shape index (κ1) is 20.5. The van der Waals surface area contributed by atoms with Gasteiger partial charge in [0.05, 0.1) is 26.5 Å². The van der Waals surface area contributed by atoms with Crippen LogP contribution in [0.15, 0.2) is 30.4 Å². The van der Waals surface area contributed by atoms with Crippen LogP contribution in [0.5, 0.6) is 11.5 Å². The van der Waals surface area contributed by atoms with Gasteiger partial charge >= 0.3 is 5.97 Å². The molecule has 138 valence electrons. The van der Waals surface area contributed by atoms with E-state index in [4.69, 9.17) is 14.2 Å². The zero-order valence-corrected chi connectivity index (χ0v) is 15.2. The third-order valence-corrected chi connectivity index (χ3v) is 3.53. The monoisotopic (exact) mass is 349 g/mol. The highest BCUT2D eigenvalue weighted by molar-refractivity contribution is 6.03. The molecule has 0 radical (unpaired) electrons. The molecule has 0 aliphatic carbocycles. The van der Waals surface area contributed by atoms with Gasteiger partial charge < -0.3 is 19.5 Å². The zero-order chi connectivity index (χ0) is 18.5. The molecule has 1 aromatic carbocycles. The number of nitrogens with one attached hydrogen (secondary N) is 1. The van der Waals surface area contributed by atoms with E-state index in [1.165, 1.54) is 20.0 Å². The van der Waals surface area contributed by atoms with E-state index in [1.54, 1.807) is 25.3 Å². The lowest BCUT2D eigenvalue weighted by Gasteiger charge is -2.10. The van der Waals surface area contributed by atoms with Crippen LogP contribution >= 0.6 is 0 Å². The van der Waals surface area contributed by atoms with E-state index in [2.05, 4.69) is 12.2 Å². The van der Waals surface area contributed by atoms with Gasteiger partial charge in [-0.05, 0) is 18.6 Å². The van der Waals surface area contributed by atoms with Crippen molar-refractivity contribution in [3.05, 3.63) is 30.4 Å². The van der Waals surface area contributed by atoms with Crippen LogP contribution in [0.25, 0.3) is 0 Å². The molecule has 0 saturated carbocycles. The van der Waals surface area contributed by atoms with E-state index < -0.39 is 11.9 Å². The number of ether oxygens (including phenoxy) is 3. The van der Waals surface area contributed by atoms with Gasteiger partial charge in [-0.2, -0.15) is 0 Å². The number of esters is 1. The molecule has 0 heterocycles. The van der Waals surface area contributed by atoms with Gasteiger partial charge in [-0.25, -0.2) is 4.79 Å². The molecule has 6 heteroatoms. The van der Waals surface area contributed by atoms with Gasteiger partial charge in [-0.3, -0.25) is 4.79 Å². The van der Waals surface area contributed by atoms with Gasteiger partial charge in [0.25, 0.3) is 0 Å². The number of carbonyl (C=O) groups is 2. The standard InChI is InChI=1S/C19H27NO5/c1-4-5-6-7-8-13-25-19(22)12-11-18(21)20-16-10-9-15(23-2)14-17(16)24-3/h9-12,14H,4-8,13H2,1-3H3,(H,20,21)/b12-11+. The van der Waals surface area contributed by atoms with Crippen LogP contribution in [0.4, 0.5) is 5.69 Å². The van der Waals surface area contributed by atoms with Crippen LogP contribution in [-0.2, 0) is 14.3 Å². The van der Waals surface area contributed by atoms with Gasteiger partial charge in [0, 0.05) is 18.2 Å². The second-order valence-electron chi connectivity index (χ2n) is 5.47. The summed E-state index contributed by atoms with van der Waals surface area (Å²) in [5.74, 6) is 0.124. The molecule has 0 fully saturated rings. The Kier molecular flexibility index (Phi) is 9.82. The highest BCUT2D eigenvalue weighted by Crippen LogP contribution is 2.28. The van der Waals surface area contributed by atoms with E-state index in [1.807, 2.05) is 0 Å². The molecule has 0 atom stereocenters. The van der Waals surface area contributed by atoms with E-state index in [-0.39, 0.29) is 0 Å². The average Bonchev–Trinajstić information content (AvgIpc) is 2.63. The topological polar surface area (TPSA) is 73.9 Å². The van der Waals surface area contributed by atoms with E-state index in [0.717, 1.165) is 31.4 Å². The molecule has 6 nitrogen and oxygen atoms in total. The molecule has 0 aliphatic heterocycles. The predicted molar refractivity (Wildman–Crippen MR) is 97.0 cm³/mol. The molecule has 1 amide bonds. The fourth-order valence-corrected chi connectivity index (χ4v) is 2.15. The number of rotatable bonds is 11. The Labute approximate surface area is 149 Å². The van der Waals surface area contributed by atoms with Crippen LogP contribution in [0, 0.1) is 0 Å². The lowest BCUT2D eigenvalue weighted by atomic mass is 10.2. The molecule has 1 N–H and O–H groups in total. The maximum absolute atomic E-state index is 11.9. The molecular formula is C19H27NO5. The van der Waals surface area contributed by atoms with Gasteiger partial charge in [-0.15, -0.1) is 0 Å². The molecule has 0 saturated heterocycles. The number of hydrogen-bond donors (Lipinski definition) is 1. The van der Waals surface area contributed by atoms with Crippen molar-refractivity contribution in [3.8, 4) is 11.5 Å². The fraction of sp³-hybridized carbons (Fsp3) is 0.474. The van der Waals surface area contributed by atoms with Crippen LogP contribution in [0.3, 0.4) is 0 Å². The van der Waals surface area contributed by atoms with Crippen LogP contribution in [0.2, 0.25) is 0 Å². The minimum Gasteiger partial charge on any atom is -0.497 e. The molecule has 0 bridgehead atoms. The van der Waals surface area contributed by atoms with Gasteiger partial charge in [-0.1, -0.05) is 32.6 Å². The summed E-state index contributed by atoms with van der Waals surface area (Å²) >= 11 is 0. The fourth-order valence-electron chi connectivity index (χ4n) is 2.15. The van der Waals surface area contributed by atoms with Gasteiger partial charge in [0.2, 0.25) is 5.91 Å². The maximum atomic E-state index is 11.9. The average molecular weight is 349 g/mol. The summed E-state index contributed by atoms with van der Waals surface area (Å²) < 4.78 is 15.3. The van der Waals surface area contributed by atoms with Gasteiger partial charge in [0.1, 0.15) is 11.5 Å². The second-order valence-corrected chi connectivity index (χ2v) is 5.47. The Morgan fingerprint density at radius 2 is 1.80 bits per heavy atom. The highest BCUT2D eigenvalue weighted by Gasteiger charge is 2.07. The van der Waals surface area contributed by atoms with E-state index in [9.17, 15) is 9.59 Å². The first-order valence-corrected chi connectivity index (χ1v) is 8.48. The largest absolute Gasteiger partial charge is 0.497 e. The first-order chi connectivity index (χ1) is 12.1. The first-order valence-electron chi connectivity index (χ1n) is 8.48. The third-order valence-electron chi connectivity index (χ3n) is 3.53. The summed E-state index contributed by atoms with van der Waals surface area (Å²) in [5, 5.41) is 2.64. The summed E-state index contributed by atoms with van der Waals surface area (Å²) in [6, 6.07) is 5.03. The molecule has 25 heavy (non-hydrogen) atoms. The molecule has 0 spiro atoms. The summed E-state index contributed by atoms with van der Waals surface area (Å²) in [5.41, 5.74) is 0.488. The number of anilines is 1. The molecule has 1 rings (SSSR count). The minimum atomic E-state index is -0.521. The minimum absolute atomic E-state index is 0.376. The van der Waals surface area contributed by atoms with Crippen molar-refractivity contribution >= 4 is 17.6 Å². The van der Waals surface area contributed by atoms with E-state index >= 15 is 0 Å². The Balaban J connectivity index is 2.40. The Morgan fingerprint density at radius 3 is 2.48 bits per heavy atom. The predicted octanol–water partition coefficient (Wildman–Crippen LogP) is 3.71. The number of unbranched alkanes of at least 4 members (excludes halogenated alkanes) is 4. The SMILES string of the molecule is CCCCCCCOC(=O)/C=C/C(=O)Nc1ccc(OC)cc1OC. The van der Waals surface area contributed by atoms with E-state index in [0.29, 0.717) is 23.8 Å². The number of methoxy groups -OCH3 is 2. The van der Waals surface area contributed by atoms with Crippen molar-refractivity contribution < 1.29 is 23.8 Å². The lowest BCUT2D eigenvalue weighted by molar-refractivity contribution is -0.138. The number of hydrogen-bond acceptors (Lipinski definition) is 5. The summed E-state index contributed by atoms with van der Waals surface area (Å²) in [6.45, 7) is 2.53. The van der Waals surface area contributed by atoms with Crippen molar-refractivity contribution in [3.63, 3.8) is 0 Å². The van der Waals surface area contributed by atoms with Crippen molar-refractivity contribution in [2.75, 3.05) is 26.1 Å². The van der Waals surface area contributed by atoms with Crippen LogP contribution in [-0.4, -0.2) is 32.7 Å². The highest BCUT2D eigenvalue weighted by atomic mass is 16.5.